The second-order valence-corrected chi connectivity index (χ2v) is 18.6. The molecular formula is C52H68O20. The number of aliphatic hydroxyl groups is 6. The summed E-state index contributed by atoms with van der Waals surface area (Å²) in [5.74, 6) is -2.16. The number of phenolic OH excluding ortho intramolecular Hbond substituents is 4. The van der Waals surface area contributed by atoms with Gasteiger partial charge in [0.2, 0.25) is 11.5 Å². The number of hydrogen-bond donors (Lipinski definition) is 10. The fourth-order valence-electron chi connectivity index (χ4n) is 9.73. The van der Waals surface area contributed by atoms with Crippen molar-refractivity contribution in [2.45, 2.75) is 87.1 Å². The molecule has 396 valence electrons. The van der Waals surface area contributed by atoms with Crippen molar-refractivity contribution >= 4 is 0 Å². The van der Waals surface area contributed by atoms with Crippen LogP contribution in [0.4, 0.5) is 0 Å². The Morgan fingerprint density at radius 1 is 0.417 bits per heavy atom. The molecule has 4 aromatic carbocycles. The number of hydrogen-bond acceptors (Lipinski definition) is 20. The van der Waals surface area contributed by atoms with Crippen LogP contribution in [-0.4, -0.2) is 181 Å². The molecule has 20 heteroatoms. The van der Waals surface area contributed by atoms with E-state index >= 15 is 0 Å². The first kappa shape index (κ1) is 54.6. The Balaban J connectivity index is 1.32. The van der Waals surface area contributed by atoms with E-state index in [1.54, 1.807) is 48.5 Å². The van der Waals surface area contributed by atoms with E-state index in [1.807, 2.05) is 0 Å². The Morgan fingerprint density at radius 2 is 0.708 bits per heavy atom. The molecule has 0 spiro atoms. The van der Waals surface area contributed by atoms with Gasteiger partial charge >= 0.3 is 0 Å². The summed E-state index contributed by atoms with van der Waals surface area (Å²) in [7, 11) is 5.58. The van der Waals surface area contributed by atoms with E-state index in [0.717, 1.165) is 11.1 Å². The molecule has 4 aromatic rings. The Hall–Kier alpha value is -5.20. The zero-order valence-corrected chi connectivity index (χ0v) is 40.6. The summed E-state index contributed by atoms with van der Waals surface area (Å²) in [6.45, 7) is -2.00. The summed E-state index contributed by atoms with van der Waals surface area (Å²) in [6, 6.07) is 19.6. The first-order chi connectivity index (χ1) is 34.7. The molecule has 0 aromatic heterocycles. The van der Waals surface area contributed by atoms with E-state index in [2.05, 4.69) is 0 Å². The third-order valence-electron chi connectivity index (χ3n) is 13.9. The van der Waals surface area contributed by atoms with Crippen molar-refractivity contribution < 1.29 is 98.4 Å². The Bertz CT molecular complexity index is 2100. The van der Waals surface area contributed by atoms with Gasteiger partial charge in [-0.3, -0.25) is 0 Å². The highest BCUT2D eigenvalue weighted by Gasteiger charge is 2.49. The number of benzene rings is 4. The molecule has 4 unspecified atom stereocenters. The number of rotatable bonds is 14. The largest absolute Gasteiger partial charge is 0.508 e. The van der Waals surface area contributed by atoms with Gasteiger partial charge in [-0.15, -0.1) is 0 Å². The number of ether oxygens (including phenoxy) is 10. The average molecular weight is 1010 g/mol. The summed E-state index contributed by atoms with van der Waals surface area (Å²) in [5, 5.41) is 110. The van der Waals surface area contributed by atoms with Crippen molar-refractivity contribution in [3.63, 3.8) is 0 Å². The molecule has 0 amide bonds. The van der Waals surface area contributed by atoms with Gasteiger partial charge in [-0.25, -0.2) is 0 Å². The highest BCUT2D eigenvalue weighted by atomic mass is 16.7. The van der Waals surface area contributed by atoms with Gasteiger partial charge in [0.15, 0.2) is 35.6 Å². The molecule has 0 aliphatic carbocycles. The minimum absolute atomic E-state index is 0.0374. The monoisotopic (exact) mass is 1010 g/mol. The lowest BCUT2D eigenvalue weighted by Crippen LogP contribution is -2.61. The summed E-state index contributed by atoms with van der Waals surface area (Å²) in [6.07, 6.45) is -13.6. The van der Waals surface area contributed by atoms with Crippen LogP contribution in [0.2, 0.25) is 0 Å². The second-order valence-electron chi connectivity index (χ2n) is 18.6. The van der Waals surface area contributed by atoms with Gasteiger partial charge in [-0.05, 0) is 120 Å². The quantitative estimate of drug-likeness (QED) is 0.0864. The topological polar surface area (TPSA) is 295 Å². The predicted octanol–water partition coefficient (Wildman–Crippen LogP) is 1.97. The smallest absolute Gasteiger partial charge is 0.200 e. The Kier molecular flexibility index (Phi) is 19.1. The normalized spacial score (nSPS) is 30.6. The van der Waals surface area contributed by atoms with Crippen molar-refractivity contribution in [2.24, 2.45) is 23.7 Å². The standard InChI is InChI=1S/C52H68O20/c1-63-37-17-29(18-38(64-2)43(37)57)15-33-23-67-49-45(59)41(21-53)72-52(47(49)61)70-26-32(14-28-7-11-36(56)12-8-28)34(16-30-19-39(65-3)44(58)40(20-30)66-4)24-68-50-46(60)42(22-54)71-51(48(50)62)69-25-31(33)13-27-5-9-35(55)10-6-27/h5-12,17-20,31-34,41-42,45-62H,13-16,21-26H2,1-4H3/t31?,32?,33?,34?,41-,42-,45+,46+,47-,48-,49+,50+,51-,52-/m1/s1. The third-order valence-corrected chi connectivity index (χ3v) is 13.9. The van der Waals surface area contributed by atoms with Crippen LogP contribution in [0, 0.1) is 23.7 Å². The molecule has 0 radical (unpaired) electrons. The van der Waals surface area contributed by atoms with Gasteiger partial charge < -0.3 is 98.4 Å². The van der Waals surface area contributed by atoms with Crippen LogP contribution in [0.3, 0.4) is 0 Å². The predicted molar refractivity (Wildman–Crippen MR) is 254 cm³/mol. The minimum Gasteiger partial charge on any atom is -0.508 e. The van der Waals surface area contributed by atoms with E-state index in [9.17, 15) is 51.1 Å². The van der Waals surface area contributed by atoms with Gasteiger partial charge in [-0.1, -0.05) is 24.3 Å². The molecule has 3 aliphatic heterocycles. The van der Waals surface area contributed by atoms with Crippen LogP contribution in [0.15, 0.2) is 72.8 Å². The van der Waals surface area contributed by atoms with Crippen molar-refractivity contribution in [3.8, 4) is 46.0 Å². The zero-order chi connectivity index (χ0) is 51.6. The maximum Gasteiger partial charge on any atom is 0.200 e. The first-order valence-corrected chi connectivity index (χ1v) is 23.8. The fraction of sp³-hybridized carbons (Fsp3) is 0.538. The number of aromatic hydroxyl groups is 4. The van der Waals surface area contributed by atoms with Crippen molar-refractivity contribution in [1.29, 1.82) is 0 Å². The molecule has 3 saturated heterocycles. The summed E-state index contributed by atoms with van der Waals surface area (Å²) in [4.78, 5) is 0. The molecule has 14 atom stereocenters. The van der Waals surface area contributed by atoms with Crippen molar-refractivity contribution in [2.75, 3.05) is 68.1 Å². The van der Waals surface area contributed by atoms with Gasteiger partial charge in [0, 0.05) is 0 Å². The minimum atomic E-state index is -1.62. The molecule has 3 fully saturated rings. The molecule has 10 N–H and O–H groups in total. The number of phenols is 4. The SMILES string of the molecule is COc1cc(CC2CO[C@H]3[C@@H](O)[C@@H](CO)O[C@@H](OCC(Cc4ccc(O)cc4)C(Cc4cc(OC)c(O)c(OC)c4)CO[C@H]4[C@@H](O)[C@@H](CO)O[C@@H](OCC2Cc2ccc(O)cc2)[C@@H]4O)[C@@H]3O)cc(OC)c1O. The maximum atomic E-state index is 12.1. The van der Waals surface area contributed by atoms with Crippen LogP contribution in [0.1, 0.15) is 22.3 Å². The highest BCUT2D eigenvalue weighted by Crippen LogP contribution is 2.41. The molecule has 3 heterocycles. The fourth-order valence-corrected chi connectivity index (χ4v) is 9.73. The molecule has 7 rings (SSSR count). The molecule has 4 bridgehead atoms. The number of methoxy groups -OCH3 is 4. The molecular weight excluding hydrogens is 945 g/mol. The van der Waals surface area contributed by atoms with Crippen molar-refractivity contribution in [3.05, 3.63) is 95.1 Å². The molecule has 0 saturated carbocycles. The molecule has 72 heavy (non-hydrogen) atoms. The summed E-state index contributed by atoms with van der Waals surface area (Å²) >= 11 is 0. The third kappa shape index (κ3) is 12.9. The lowest BCUT2D eigenvalue weighted by molar-refractivity contribution is -0.318. The van der Waals surface area contributed by atoms with Gasteiger partial charge in [0.1, 0.15) is 60.3 Å². The van der Waals surface area contributed by atoms with E-state index in [4.69, 9.17) is 47.4 Å². The lowest BCUT2D eigenvalue weighted by Gasteiger charge is -2.44. The van der Waals surface area contributed by atoms with Gasteiger partial charge in [0.25, 0.3) is 0 Å². The maximum absolute atomic E-state index is 12.1. The lowest BCUT2D eigenvalue weighted by atomic mass is 9.83. The van der Waals surface area contributed by atoms with Crippen LogP contribution >= 0.6 is 0 Å². The second kappa shape index (κ2) is 25.2. The summed E-state index contributed by atoms with van der Waals surface area (Å²) < 4.78 is 60.0. The number of fused-ring (bicyclic) bond motifs is 4. The zero-order valence-electron chi connectivity index (χ0n) is 40.6. The number of aliphatic hydroxyl groups excluding tert-OH is 6. The van der Waals surface area contributed by atoms with Crippen LogP contribution in [-0.2, 0) is 54.1 Å². The molecule has 3 aliphatic rings. The van der Waals surface area contributed by atoms with E-state index in [0.29, 0.717) is 11.1 Å². The highest BCUT2D eigenvalue weighted by molar-refractivity contribution is 5.53. The van der Waals surface area contributed by atoms with E-state index in [-0.39, 0.29) is 98.1 Å². The molecule has 20 nitrogen and oxygen atoms in total. The average Bonchev–Trinajstić information content (AvgIpc) is 3.38. The van der Waals surface area contributed by atoms with E-state index in [1.165, 1.54) is 52.7 Å². The van der Waals surface area contributed by atoms with Crippen molar-refractivity contribution in [1.82, 2.24) is 0 Å². The van der Waals surface area contributed by atoms with Gasteiger partial charge in [0.05, 0.1) is 68.1 Å². The summed E-state index contributed by atoms with van der Waals surface area (Å²) in [5.41, 5.74) is 2.78. The van der Waals surface area contributed by atoms with Crippen LogP contribution < -0.4 is 18.9 Å². The Labute approximate surface area is 417 Å². The Morgan fingerprint density at radius 3 is 1.00 bits per heavy atom. The van der Waals surface area contributed by atoms with Crippen LogP contribution in [0.25, 0.3) is 0 Å². The van der Waals surface area contributed by atoms with Gasteiger partial charge in [-0.2, -0.15) is 0 Å². The first-order valence-electron chi connectivity index (χ1n) is 23.8. The van der Waals surface area contributed by atoms with E-state index < -0.39 is 98.3 Å². The van der Waals surface area contributed by atoms with Crippen LogP contribution in [0.5, 0.6) is 46.0 Å².